The van der Waals surface area contributed by atoms with Gasteiger partial charge >= 0.3 is 5.97 Å². The lowest BCUT2D eigenvalue weighted by atomic mass is 10.1. The van der Waals surface area contributed by atoms with Gasteiger partial charge in [0.1, 0.15) is 6.17 Å². The summed E-state index contributed by atoms with van der Waals surface area (Å²) >= 11 is 0. The minimum Gasteiger partial charge on any atom is -0.469 e. The molecule has 1 aromatic carbocycles. The van der Waals surface area contributed by atoms with Gasteiger partial charge in [-0.1, -0.05) is 24.3 Å². The summed E-state index contributed by atoms with van der Waals surface area (Å²) in [6, 6.07) is 7.71. The Labute approximate surface area is 118 Å². The Morgan fingerprint density at radius 2 is 2.10 bits per heavy atom. The number of nitrogens with zero attached hydrogens (tertiary/aromatic N) is 1. The number of methoxy groups -OCH3 is 1. The van der Waals surface area contributed by atoms with Crippen molar-refractivity contribution >= 4 is 11.9 Å². The number of hydrogen-bond donors (Lipinski definition) is 1. The summed E-state index contributed by atoms with van der Waals surface area (Å²) in [5.74, 6) is -0.289. The largest absolute Gasteiger partial charge is 0.469 e. The SMILES string of the molecule is COC(=O)CCN1C(=O)C(C)NC1c1ccccc1C. The Balaban J connectivity index is 2.20. The minimum absolute atomic E-state index is 0.0159. The van der Waals surface area contributed by atoms with Crippen LogP contribution < -0.4 is 5.32 Å². The lowest BCUT2D eigenvalue weighted by Crippen LogP contribution is -2.33. The number of aryl methyl sites for hydroxylation is 1. The molecular weight excluding hydrogens is 256 g/mol. The van der Waals surface area contributed by atoms with Gasteiger partial charge in [0.2, 0.25) is 5.91 Å². The Morgan fingerprint density at radius 1 is 1.40 bits per heavy atom. The van der Waals surface area contributed by atoms with Crippen molar-refractivity contribution in [2.24, 2.45) is 0 Å². The quantitative estimate of drug-likeness (QED) is 0.844. The average molecular weight is 276 g/mol. The van der Waals surface area contributed by atoms with Crippen LogP contribution in [0.4, 0.5) is 0 Å². The highest BCUT2D eigenvalue weighted by Gasteiger charge is 2.37. The molecule has 1 aliphatic heterocycles. The normalized spacial score (nSPS) is 22.1. The monoisotopic (exact) mass is 276 g/mol. The van der Waals surface area contributed by atoms with Crippen molar-refractivity contribution in [1.82, 2.24) is 10.2 Å². The summed E-state index contributed by atoms with van der Waals surface area (Å²) in [7, 11) is 1.35. The van der Waals surface area contributed by atoms with Crippen molar-refractivity contribution in [1.29, 1.82) is 0 Å². The predicted molar refractivity (Wildman–Crippen MR) is 74.9 cm³/mol. The van der Waals surface area contributed by atoms with E-state index in [1.165, 1.54) is 7.11 Å². The maximum Gasteiger partial charge on any atom is 0.307 e. The molecule has 2 atom stereocenters. The van der Waals surface area contributed by atoms with E-state index in [2.05, 4.69) is 10.1 Å². The van der Waals surface area contributed by atoms with Gasteiger partial charge in [-0.15, -0.1) is 0 Å². The summed E-state index contributed by atoms with van der Waals surface area (Å²) in [6.45, 7) is 4.22. The van der Waals surface area contributed by atoms with E-state index in [9.17, 15) is 9.59 Å². The van der Waals surface area contributed by atoms with Crippen LogP contribution in [0.2, 0.25) is 0 Å². The molecule has 1 heterocycles. The molecule has 5 heteroatoms. The summed E-state index contributed by atoms with van der Waals surface area (Å²) in [4.78, 5) is 25.2. The van der Waals surface area contributed by atoms with Crippen molar-refractivity contribution in [2.45, 2.75) is 32.5 Å². The van der Waals surface area contributed by atoms with Gasteiger partial charge in [0.25, 0.3) is 0 Å². The Kier molecular flexibility index (Phi) is 4.39. The Morgan fingerprint density at radius 3 is 2.75 bits per heavy atom. The molecule has 1 saturated heterocycles. The van der Waals surface area contributed by atoms with Gasteiger partial charge in [-0.25, -0.2) is 0 Å². The highest BCUT2D eigenvalue weighted by atomic mass is 16.5. The first-order chi connectivity index (χ1) is 9.54. The Bertz CT molecular complexity index is 516. The van der Waals surface area contributed by atoms with E-state index >= 15 is 0 Å². The topological polar surface area (TPSA) is 58.6 Å². The van der Waals surface area contributed by atoms with Gasteiger partial charge in [-0.2, -0.15) is 0 Å². The second-order valence-electron chi connectivity index (χ2n) is 5.01. The van der Waals surface area contributed by atoms with Crippen LogP contribution in [0.15, 0.2) is 24.3 Å². The maximum absolute atomic E-state index is 12.2. The number of ether oxygens (including phenoxy) is 1. The van der Waals surface area contributed by atoms with Crippen LogP contribution in [0.1, 0.15) is 30.6 Å². The van der Waals surface area contributed by atoms with Gasteiger partial charge < -0.3 is 9.64 Å². The number of benzene rings is 1. The highest BCUT2D eigenvalue weighted by molar-refractivity contribution is 5.84. The molecule has 2 rings (SSSR count). The molecule has 5 nitrogen and oxygen atoms in total. The molecule has 0 saturated carbocycles. The van der Waals surface area contributed by atoms with Crippen LogP contribution in [0.5, 0.6) is 0 Å². The van der Waals surface area contributed by atoms with Gasteiger partial charge in [-0.3, -0.25) is 14.9 Å². The van der Waals surface area contributed by atoms with E-state index < -0.39 is 0 Å². The summed E-state index contributed by atoms with van der Waals surface area (Å²) in [6.07, 6.45) is 0.0299. The van der Waals surface area contributed by atoms with E-state index in [0.29, 0.717) is 6.54 Å². The van der Waals surface area contributed by atoms with Crippen LogP contribution in [0, 0.1) is 6.92 Å². The molecule has 108 valence electrons. The highest BCUT2D eigenvalue weighted by Crippen LogP contribution is 2.27. The van der Waals surface area contributed by atoms with E-state index in [0.717, 1.165) is 11.1 Å². The summed E-state index contributed by atoms with van der Waals surface area (Å²) < 4.78 is 4.64. The number of amides is 1. The van der Waals surface area contributed by atoms with Gasteiger partial charge in [-0.05, 0) is 25.0 Å². The van der Waals surface area contributed by atoms with Crippen LogP contribution in [0.25, 0.3) is 0 Å². The zero-order valence-electron chi connectivity index (χ0n) is 12.1. The lowest BCUT2D eigenvalue weighted by Gasteiger charge is -2.25. The second kappa shape index (κ2) is 6.05. The zero-order chi connectivity index (χ0) is 14.7. The number of carbonyl (C=O) groups is 2. The smallest absolute Gasteiger partial charge is 0.307 e. The summed E-state index contributed by atoms with van der Waals surface area (Å²) in [5, 5.41) is 3.28. The number of hydrogen-bond acceptors (Lipinski definition) is 4. The standard InChI is InChI=1S/C15H20N2O3/c1-10-6-4-5-7-12(10)14-16-11(2)15(19)17(14)9-8-13(18)20-3/h4-7,11,14,16H,8-9H2,1-3H3. The molecule has 0 radical (unpaired) electrons. The van der Waals surface area contributed by atoms with Crippen molar-refractivity contribution in [3.8, 4) is 0 Å². The van der Waals surface area contributed by atoms with Crippen LogP contribution >= 0.6 is 0 Å². The molecule has 1 amide bonds. The van der Waals surface area contributed by atoms with Crippen LogP contribution in [-0.2, 0) is 14.3 Å². The fourth-order valence-electron chi connectivity index (χ4n) is 2.48. The van der Waals surface area contributed by atoms with E-state index in [-0.39, 0.29) is 30.5 Å². The third-order valence-corrected chi connectivity index (χ3v) is 3.64. The van der Waals surface area contributed by atoms with Crippen LogP contribution in [-0.4, -0.2) is 36.5 Å². The minimum atomic E-state index is -0.305. The van der Waals surface area contributed by atoms with Crippen molar-refractivity contribution in [3.05, 3.63) is 35.4 Å². The molecule has 0 bridgehead atoms. The Hall–Kier alpha value is -1.88. The fourth-order valence-corrected chi connectivity index (χ4v) is 2.48. The first-order valence-electron chi connectivity index (χ1n) is 6.73. The zero-order valence-corrected chi connectivity index (χ0v) is 12.1. The molecule has 1 N–H and O–H groups in total. The molecule has 2 unspecified atom stereocenters. The first kappa shape index (κ1) is 14.5. The van der Waals surface area contributed by atoms with Gasteiger partial charge in [0.15, 0.2) is 0 Å². The molecule has 20 heavy (non-hydrogen) atoms. The first-order valence-corrected chi connectivity index (χ1v) is 6.73. The summed E-state index contributed by atoms with van der Waals surface area (Å²) in [5.41, 5.74) is 2.19. The average Bonchev–Trinajstić information content (AvgIpc) is 2.72. The molecule has 1 aromatic rings. The van der Waals surface area contributed by atoms with E-state index in [1.54, 1.807) is 4.90 Å². The van der Waals surface area contributed by atoms with E-state index in [1.807, 2.05) is 38.1 Å². The third-order valence-electron chi connectivity index (χ3n) is 3.64. The molecule has 0 aromatic heterocycles. The fraction of sp³-hybridized carbons (Fsp3) is 0.467. The molecule has 0 aliphatic carbocycles. The second-order valence-corrected chi connectivity index (χ2v) is 5.01. The number of rotatable bonds is 4. The van der Waals surface area contributed by atoms with Crippen molar-refractivity contribution < 1.29 is 14.3 Å². The van der Waals surface area contributed by atoms with E-state index in [4.69, 9.17) is 0 Å². The van der Waals surface area contributed by atoms with Crippen molar-refractivity contribution in [2.75, 3.05) is 13.7 Å². The lowest BCUT2D eigenvalue weighted by molar-refractivity contribution is -0.141. The van der Waals surface area contributed by atoms with Gasteiger partial charge in [0.05, 0.1) is 19.6 Å². The molecular formula is C15H20N2O3. The molecule has 0 spiro atoms. The van der Waals surface area contributed by atoms with Crippen molar-refractivity contribution in [3.63, 3.8) is 0 Å². The number of esters is 1. The van der Waals surface area contributed by atoms with Gasteiger partial charge in [0, 0.05) is 6.54 Å². The number of carbonyl (C=O) groups excluding carboxylic acids is 2. The predicted octanol–water partition coefficient (Wildman–Crippen LogP) is 1.38. The molecule has 1 fully saturated rings. The third kappa shape index (κ3) is 2.82. The number of nitrogens with one attached hydrogen (secondary N) is 1. The molecule has 1 aliphatic rings. The van der Waals surface area contributed by atoms with Crippen LogP contribution in [0.3, 0.4) is 0 Å². The maximum atomic E-state index is 12.2.